The number of pyridine rings is 2. The average molecular weight is 357 g/mol. The van der Waals surface area contributed by atoms with Gasteiger partial charge in [0.2, 0.25) is 5.91 Å². The molecular weight excluding hydrogens is 336 g/mol. The molecule has 2 aliphatic heterocycles. The number of amides is 1. The van der Waals surface area contributed by atoms with Gasteiger partial charge >= 0.3 is 0 Å². The molecule has 0 unspecified atom stereocenters. The molecule has 1 atom stereocenters. The van der Waals surface area contributed by atoms with Gasteiger partial charge in [0.05, 0.1) is 28.9 Å². The van der Waals surface area contributed by atoms with E-state index in [9.17, 15) is 4.79 Å². The Labute approximate surface area is 152 Å². The molecule has 2 aliphatic rings. The molecule has 1 amide bonds. The zero-order valence-electron chi connectivity index (χ0n) is 14.5. The van der Waals surface area contributed by atoms with E-state index in [1.807, 2.05) is 30.9 Å². The summed E-state index contributed by atoms with van der Waals surface area (Å²) in [6, 6.07) is 3.99. The summed E-state index contributed by atoms with van der Waals surface area (Å²) in [5, 5.41) is 0.720. The molecule has 2 aromatic rings. The second-order valence-corrected chi connectivity index (χ2v) is 7.27. The molecule has 4 heterocycles. The number of nitrogens with zero attached hydrogens (tertiary/aromatic N) is 4. The maximum atomic E-state index is 13.0. The van der Waals surface area contributed by atoms with E-state index in [2.05, 4.69) is 14.9 Å². The van der Waals surface area contributed by atoms with E-state index in [1.165, 1.54) is 0 Å². The maximum Gasteiger partial charge on any atom is 0.228 e. The van der Waals surface area contributed by atoms with Crippen molar-refractivity contribution in [3.63, 3.8) is 0 Å². The fourth-order valence-electron chi connectivity index (χ4n) is 3.87. The van der Waals surface area contributed by atoms with Crippen molar-refractivity contribution in [2.24, 2.45) is 5.92 Å². The summed E-state index contributed by atoms with van der Waals surface area (Å²) >= 11 is 6.32. The van der Waals surface area contributed by atoms with Crippen LogP contribution in [0.25, 0.3) is 0 Å². The van der Waals surface area contributed by atoms with Crippen LogP contribution in [0.1, 0.15) is 28.9 Å². The van der Waals surface area contributed by atoms with Crippen LogP contribution in [0.15, 0.2) is 24.5 Å². The van der Waals surface area contributed by atoms with E-state index in [-0.39, 0.29) is 11.8 Å². The van der Waals surface area contributed by atoms with Gasteiger partial charge in [0.1, 0.15) is 0 Å². The number of hydrogen-bond acceptors (Lipinski definition) is 4. The molecule has 2 aromatic heterocycles. The molecule has 5 nitrogen and oxygen atoms in total. The van der Waals surface area contributed by atoms with Crippen molar-refractivity contribution < 1.29 is 4.79 Å². The number of fused-ring (bicyclic) bond motifs is 1. The summed E-state index contributed by atoms with van der Waals surface area (Å²) in [5.74, 6) is 0.266. The predicted octanol–water partition coefficient (Wildman–Crippen LogP) is 3.12. The van der Waals surface area contributed by atoms with Crippen LogP contribution >= 0.6 is 11.6 Å². The zero-order chi connectivity index (χ0) is 17.6. The maximum absolute atomic E-state index is 13.0. The topological polar surface area (TPSA) is 49.3 Å². The first kappa shape index (κ1) is 16.3. The van der Waals surface area contributed by atoms with Crippen LogP contribution in [0, 0.1) is 19.8 Å². The molecule has 0 aromatic carbocycles. The normalized spacial score (nSPS) is 19.4. The highest BCUT2D eigenvalue weighted by atomic mass is 35.5. The van der Waals surface area contributed by atoms with Gasteiger partial charge in [0.25, 0.3) is 0 Å². The Morgan fingerprint density at radius 1 is 1.24 bits per heavy atom. The summed E-state index contributed by atoms with van der Waals surface area (Å²) in [6.45, 7) is 6.83. The van der Waals surface area contributed by atoms with E-state index >= 15 is 0 Å². The summed E-state index contributed by atoms with van der Waals surface area (Å²) in [6.07, 6.45) is 4.48. The Morgan fingerprint density at radius 2 is 2.00 bits per heavy atom. The molecule has 1 fully saturated rings. The predicted molar refractivity (Wildman–Crippen MR) is 97.5 cm³/mol. The third-order valence-corrected chi connectivity index (χ3v) is 5.87. The third-order valence-electron chi connectivity index (χ3n) is 5.32. The van der Waals surface area contributed by atoms with Gasteiger partial charge in [0.15, 0.2) is 0 Å². The summed E-state index contributed by atoms with van der Waals surface area (Å²) < 4.78 is 0. The second kappa shape index (κ2) is 6.30. The van der Waals surface area contributed by atoms with Crippen molar-refractivity contribution in [2.45, 2.75) is 33.4 Å². The number of halogens is 1. The molecule has 25 heavy (non-hydrogen) atoms. The Bertz CT molecular complexity index is 824. The standard InChI is InChI=1S/C19H21ClN4O/c1-12-16-10-24(11-17(16)22-13(2)18(12)20)19(25)14-5-8-23(9-14)15-3-6-21-7-4-15/h3-4,6-7,14H,5,8-11H2,1-2H3/t14-/m1/s1. The van der Waals surface area contributed by atoms with Gasteiger partial charge in [-0.05, 0) is 43.5 Å². The Balaban J connectivity index is 1.47. The zero-order valence-corrected chi connectivity index (χ0v) is 15.3. The molecule has 0 saturated carbocycles. The van der Waals surface area contributed by atoms with E-state index in [1.54, 1.807) is 12.4 Å². The summed E-state index contributed by atoms with van der Waals surface area (Å²) in [7, 11) is 0. The average Bonchev–Trinajstić information content (AvgIpc) is 3.27. The number of carbonyl (C=O) groups excluding carboxylic acids is 1. The smallest absolute Gasteiger partial charge is 0.228 e. The molecular formula is C19H21ClN4O. The number of hydrogen-bond donors (Lipinski definition) is 0. The van der Waals surface area contributed by atoms with Crippen LogP contribution in [0.3, 0.4) is 0 Å². The molecule has 1 saturated heterocycles. The first-order valence-corrected chi connectivity index (χ1v) is 9.00. The van der Waals surface area contributed by atoms with Gasteiger partial charge in [0, 0.05) is 37.7 Å². The minimum absolute atomic E-state index is 0.0411. The van der Waals surface area contributed by atoms with Gasteiger partial charge in [-0.2, -0.15) is 0 Å². The lowest BCUT2D eigenvalue weighted by atomic mass is 10.1. The number of anilines is 1. The van der Waals surface area contributed by atoms with Gasteiger partial charge in [-0.15, -0.1) is 0 Å². The Hall–Kier alpha value is -2.14. The van der Waals surface area contributed by atoms with Crippen molar-refractivity contribution >= 4 is 23.2 Å². The quantitative estimate of drug-likeness (QED) is 0.829. The minimum Gasteiger partial charge on any atom is -0.371 e. The van der Waals surface area contributed by atoms with E-state index in [4.69, 9.17) is 11.6 Å². The molecule has 0 radical (unpaired) electrons. The Morgan fingerprint density at radius 3 is 2.76 bits per heavy atom. The monoisotopic (exact) mass is 356 g/mol. The van der Waals surface area contributed by atoms with Gasteiger partial charge in [-0.1, -0.05) is 11.6 Å². The molecule has 0 bridgehead atoms. The van der Waals surface area contributed by atoms with Crippen molar-refractivity contribution in [1.82, 2.24) is 14.9 Å². The van der Waals surface area contributed by atoms with Crippen LogP contribution < -0.4 is 4.90 Å². The van der Waals surface area contributed by atoms with Crippen molar-refractivity contribution in [3.8, 4) is 0 Å². The lowest BCUT2D eigenvalue weighted by Crippen LogP contribution is -2.33. The van der Waals surface area contributed by atoms with Crippen LogP contribution in [0.5, 0.6) is 0 Å². The van der Waals surface area contributed by atoms with Crippen molar-refractivity contribution in [3.05, 3.63) is 52.1 Å². The van der Waals surface area contributed by atoms with Gasteiger partial charge in [-0.25, -0.2) is 0 Å². The van der Waals surface area contributed by atoms with Crippen LogP contribution in [-0.4, -0.2) is 33.9 Å². The summed E-state index contributed by atoms with van der Waals surface area (Å²) in [4.78, 5) is 25.8. The minimum atomic E-state index is 0.0411. The van der Waals surface area contributed by atoms with Crippen LogP contribution in [0.2, 0.25) is 5.02 Å². The van der Waals surface area contributed by atoms with Gasteiger partial charge in [-0.3, -0.25) is 14.8 Å². The van der Waals surface area contributed by atoms with Crippen molar-refractivity contribution in [1.29, 1.82) is 0 Å². The molecule has 0 N–H and O–H groups in total. The molecule has 6 heteroatoms. The SMILES string of the molecule is Cc1nc2c(c(C)c1Cl)CN(C(=O)[C@@H]1CCN(c3ccncc3)C1)C2. The number of aryl methyl sites for hydroxylation is 1. The number of aromatic nitrogens is 2. The van der Waals surface area contributed by atoms with Crippen LogP contribution in [-0.2, 0) is 17.9 Å². The third kappa shape index (κ3) is 2.86. The first-order chi connectivity index (χ1) is 12.0. The highest BCUT2D eigenvalue weighted by Gasteiger charge is 2.35. The first-order valence-electron chi connectivity index (χ1n) is 8.63. The molecule has 0 spiro atoms. The fraction of sp³-hybridized carbons (Fsp3) is 0.421. The highest BCUT2D eigenvalue weighted by molar-refractivity contribution is 6.32. The second-order valence-electron chi connectivity index (χ2n) is 6.89. The number of carbonyl (C=O) groups is 1. The van der Waals surface area contributed by atoms with Crippen molar-refractivity contribution in [2.75, 3.05) is 18.0 Å². The molecule has 130 valence electrons. The Kier molecular flexibility index (Phi) is 4.12. The lowest BCUT2D eigenvalue weighted by Gasteiger charge is -2.21. The van der Waals surface area contributed by atoms with Crippen LogP contribution in [0.4, 0.5) is 5.69 Å². The van der Waals surface area contributed by atoms with E-state index < -0.39 is 0 Å². The lowest BCUT2D eigenvalue weighted by molar-refractivity contribution is -0.135. The molecule has 0 aliphatic carbocycles. The fourth-order valence-corrected chi connectivity index (χ4v) is 4.03. The molecule has 4 rings (SSSR count). The highest BCUT2D eigenvalue weighted by Crippen LogP contribution is 2.33. The largest absolute Gasteiger partial charge is 0.371 e. The van der Waals surface area contributed by atoms with E-state index in [0.29, 0.717) is 13.1 Å². The van der Waals surface area contributed by atoms with Gasteiger partial charge < -0.3 is 9.80 Å². The number of rotatable bonds is 2. The summed E-state index contributed by atoms with van der Waals surface area (Å²) in [5.41, 5.74) is 5.15. The van der Waals surface area contributed by atoms with E-state index in [0.717, 1.165) is 52.7 Å².